The van der Waals surface area contributed by atoms with Gasteiger partial charge in [0.15, 0.2) is 5.78 Å². The van der Waals surface area contributed by atoms with E-state index in [1.165, 1.54) is 0 Å². The zero-order valence-electron chi connectivity index (χ0n) is 9.89. The number of ketones is 1. The Morgan fingerprint density at radius 2 is 2.00 bits per heavy atom. The lowest BCUT2D eigenvalue weighted by atomic mass is 10.0. The van der Waals surface area contributed by atoms with Crippen LogP contribution in [0.15, 0.2) is 47.2 Å². The van der Waals surface area contributed by atoms with Gasteiger partial charge < -0.3 is 4.74 Å². The summed E-state index contributed by atoms with van der Waals surface area (Å²) in [7, 11) is 1.60. The molecule has 0 N–H and O–H groups in total. The van der Waals surface area contributed by atoms with Crippen LogP contribution in [-0.2, 0) is 6.42 Å². The molecule has 92 valence electrons. The Labute approximate surface area is 114 Å². The fraction of sp³-hybridized carbons (Fsp3) is 0.143. The van der Waals surface area contributed by atoms with Gasteiger partial charge in [0.25, 0.3) is 0 Å². The minimum absolute atomic E-state index is 0.0672. The number of nitrogens with zero attached hydrogens (tertiary/aromatic N) is 1. The molecule has 2 rings (SSSR count). The number of rotatable bonds is 4. The molecule has 0 bridgehead atoms. The molecule has 0 aliphatic rings. The summed E-state index contributed by atoms with van der Waals surface area (Å²) in [5, 5.41) is 0. The molecule has 0 saturated carbocycles. The fourth-order valence-electron chi connectivity index (χ4n) is 1.62. The third-order valence-corrected chi connectivity index (χ3v) is 2.97. The fourth-order valence-corrected chi connectivity index (χ4v) is 2.03. The van der Waals surface area contributed by atoms with E-state index in [-0.39, 0.29) is 5.78 Å². The van der Waals surface area contributed by atoms with Gasteiger partial charge in [-0.25, -0.2) is 0 Å². The first kappa shape index (κ1) is 12.8. The minimum Gasteiger partial charge on any atom is -0.497 e. The number of aromatic nitrogens is 1. The van der Waals surface area contributed by atoms with Crippen molar-refractivity contribution < 1.29 is 9.53 Å². The molecule has 0 fully saturated rings. The Hall–Kier alpha value is -1.68. The predicted molar refractivity (Wildman–Crippen MR) is 73.0 cm³/mol. The number of hydrogen-bond acceptors (Lipinski definition) is 3. The molecule has 2 aromatic rings. The summed E-state index contributed by atoms with van der Waals surface area (Å²) in [6.45, 7) is 0. The molecule has 0 unspecified atom stereocenters. The van der Waals surface area contributed by atoms with Crippen LogP contribution in [0.2, 0.25) is 0 Å². The topological polar surface area (TPSA) is 39.2 Å². The molecule has 0 aliphatic carbocycles. The van der Waals surface area contributed by atoms with E-state index in [0.29, 0.717) is 12.0 Å². The number of methoxy groups -OCH3 is 1. The van der Waals surface area contributed by atoms with E-state index < -0.39 is 0 Å². The number of Topliss-reactive ketones (excluding diaryl/α,β-unsaturated/α-hetero) is 1. The van der Waals surface area contributed by atoms with Crippen LogP contribution in [0.3, 0.4) is 0 Å². The largest absolute Gasteiger partial charge is 0.497 e. The van der Waals surface area contributed by atoms with Crippen LogP contribution >= 0.6 is 15.9 Å². The van der Waals surface area contributed by atoms with Crippen molar-refractivity contribution >= 4 is 21.7 Å². The first-order valence-electron chi connectivity index (χ1n) is 5.46. The first-order chi connectivity index (χ1) is 8.69. The third-order valence-electron chi connectivity index (χ3n) is 2.54. The van der Waals surface area contributed by atoms with Crippen LogP contribution in [0.5, 0.6) is 5.75 Å². The second kappa shape index (κ2) is 5.78. The molecule has 1 aromatic heterocycles. The predicted octanol–water partition coefficient (Wildman–Crippen LogP) is 3.28. The molecule has 0 spiro atoms. The van der Waals surface area contributed by atoms with Gasteiger partial charge in [0, 0.05) is 28.9 Å². The van der Waals surface area contributed by atoms with Gasteiger partial charge in [0.2, 0.25) is 0 Å². The molecule has 0 atom stereocenters. The van der Waals surface area contributed by atoms with Crippen molar-refractivity contribution in [3.8, 4) is 5.75 Å². The van der Waals surface area contributed by atoms with E-state index in [1.54, 1.807) is 43.8 Å². The molecule has 4 heteroatoms. The number of carbonyl (C=O) groups is 1. The highest BCUT2D eigenvalue weighted by Gasteiger charge is 2.07. The molecule has 0 amide bonds. The van der Waals surface area contributed by atoms with Crippen LogP contribution < -0.4 is 4.74 Å². The Kier molecular flexibility index (Phi) is 4.10. The summed E-state index contributed by atoms with van der Waals surface area (Å²) in [5.74, 6) is 0.813. The maximum atomic E-state index is 12.0. The highest BCUT2D eigenvalue weighted by atomic mass is 79.9. The minimum atomic E-state index is 0.0672. The van der Waals surface area contributed by atoms with Gasteiger partial charge in [-0.2, -0.15) is 0 Å². The molecular weight excluding hydrogens is 294 g/mol. The average molecular weight is 306 g/mol. The van der Waals surface area contributed by atoms with Gasteiger partial charge in [0.1, 0.15) is 5.75 Å². The van der Waals surface area contributed by atoms with E-state index in [2.05, 4.69) is 20.9 Å². The smallest absolute Gasteiger partial charge is 0.167 e. The normalized spacial score (nSPS) is 10.1. The lowest BCUT2D eigenvalue weighted by Crippen LogP contribution is -2.03. The molecule has 0 radical (unpaired) electrons. The van der Waals surface area contributed by atoms with Gasteiger partial charge in [-0.3, -0.25) is 9.78 Å². The van der Waals surface area contributed by atoms with Crippen molar-refractivity contribution in [2.45, 2.75) is 6.42 Å². The summed E-state index contributed by atoms with van der Waals surface area (Å²) >= 11 is 3.34. The molecular formula is C14H12BrNO2. The number of hydrogen-bond donors (Lipinski definition) is 0. The van der Waals surface area contributed by atoms with E-state index >= 15 is 0 Å². The number of pyridine rings is 1. The molecule has 1 aromatic carbocycles. The van der Waals surface area contributed by atoms with Gasteiger partial charge in [-0.1, -0.05) is 0 Å². The Morgan fingerprint density at radius 3 is 2.61 bits per heavy atom. The van der Waals surface area contributed by atoms with Crippen molar-refractivity contribution in [2.24, 2.45) is 0 Å². The average Bonchev–Trinajstić information content (AvgIpc) is 2.39. The van der Waals surface area contributed by atoms with Crippen LogP contribution in [0.4, 0.5) is 0 Å². The molecule has 0 saturated heterocycles. The quantitative estimate of drug-likeness (QED) is 0.814. The van der Waals surface area contributed by atoms with E-state index in [4.69, 9.17) is 4.74 Å². The van der Waals surface area contributed by atoms with Crippen molar-refractivity contribution in [1.29, 1.82) is 0 Å². The third kappa shape index (κ3) is 3.17. The van der Waals surface area contributed by atoms with Crippen molar-refractivity contribution in [3.05, 3.63) is 58.3 Å². The van der Waals surface area contributed by atoms with Gasteiger partial charge in [0.05, 0.1) is 7.11 Å². The second-order valence-electron chi connectivity index (χ2n) is 3.84. The lowest BCUT2D eigenvalue weighted by Gasteiger charge is -2.03. The molecule has 1 heterocycles. The van der Waals surface area contributed by atoms with Crippen molar-refractivity contribution in [2.75, 3.05) is 7.11 Å². The zero-order chi connectivity index (χ0) is 13.0. The van der Waals surface area contributed by atoms with Crippen LogP contribution in [0.1, 0.15) is 15.9 Å². The molecule has 0 aliphatic heterocycles. The monoisotopic (exact) mass is 305 g/mol. The SMILES string of the molecule is COc1ccc(C(=O)Cc2cncc(Br)c2)cc1. The van der Waals surface area contributed by atoms with Crippen LogP contribution in [-0.4, -0.2) is 17.9 Å². The summed E-state index contributed by atoms with van der Waals surface area (Å²) in [4.78, 5) is 16.1. The summed E-state index contributed by atoms with van der Waals surface area (Å²) in [6, 6.07) is 9.01. The van der Waals surface area contributed by atoms with Gasteiger partial charge >= 0.3 is 0 Å². The number of ether oxygens (including phenoxy) is 1. The Morgan fingerprint density at radius 1 is 1.28 bits per heavy atom. The highest BCUT2D eigenvalue weighted by molar-refractivity contribution is 9.10. The second-order valence-corrected chi connectivity index (χ2v) is 4.76. The van der Waals surface area contributed by atoms with E-state index in [9.17, 15) is 4.79 Å². The number of benzene rings is 1. The zero-order valence-corrected chi connectivity index (χ0v) is 11.5. The Balaban J connectivity index is 2.11. The molecule has 18 heavy (non-hydrogen) atoms. The Bertz CT molecular complexity index is 552. The lowest BCUT2D eigenvalue weighted by molar-refractivity contribution is 0.0993. The van der Waals surface area contributed by atoms with Crippen LogP contribution in [0.25, 0.3) is 0 Å². The van der Waals surface area contributed by atoms with Gasteiger partial charge in [-0.05, 0) is 51.8 Å². The maximum Gasteiger partial charge on any atom is 0.167 e. The highest BCUT2D eigenvalue weighted by Crippen LogP contribution is 2.15. The molecule has 3 nitrogen and oxygen atoms in total. The number of halogens is 1. The summed E-state index contributed by atoms with van der Waals surface area (Å²) in [6.07, 6.45) is 3.74. The standard InChI is InChI=1S/C14H12BrNO2/c1-18-13-4-2-11(3-5-13)14(17)7-10-6-12(15)9-16-8-10/h2-6,8-9H,7H2,1H3. The van der Waals surface area contributed by atoms with Gasteiger partial charge in [-0.15, -0.1) is 0 Å². The van der Waals surface area contributed by atoms with E-state index in [1.807, 2.05) is 6.07 Å². The maximum absolute atomic E-state index is 12.0. The van der Waals surface area contributed by atoms with Crippen LogP contribution in [0, 0.1) is 0 Å². The summed E-state index contributed by atoms with van der Waals surface area (Å²) in [5.41, 5.74) is 1.57. The van der Waals surface area contributed by atoms with E-state index in [0.717, 1.165) is 15.8 Å². The summed E-state index contributed by atoms with van der Waals surface area (Å²) < 4.78 is 5.93. The number of carbonyl (C=O) groups excluding carboxylic acids is 1. The first-order valence-corrected chi connectivity index (χ1v) is 6.25. The van der Waals surface area contributed by atoms with Crippen molar-refractivity contribution in [1.82, 2.24) is 4.98 Å². The van der Waals surface area contributed by atoms with Crippen molar-refractivity contribution in [3.63, 3.8) is 0 Å².